The highest BCUT2D eigenvalue weighted by Gasteiger charge is 2.40. The first-order valence-electron chi connectivity index (χ1n) is 19.0. The van der Waals surface area contributed by atoms with Crippen molar-refractivity contribution < 1.29 is 0 Å². The van der Waals surface area contributed by atoms with Gasteiger partial charge < -0.3 is 9.13 Å². The van der Waals surface area contributed by atoms with Gasteiger partial charge in [-0.15, -0.1) is 0 Å². The number of hydrogen-bond acceptors (Lipinski definition) is 1. The highest BCUT2D eigenvalue weighted by atomic mass is 15.0. The molecule has 0 fully saturated rings. The van der Waals surface area contributed by atoms with E-state index >= 15 is 0 Å². The van der Waals surface area contributed by atoms with E-state index in [9.17, 15) is 5.26 Å². The van der Waals surface area contributed by atoms with E-state index in [0.29, 0.717) is 5.56 Å². The van der Waals surface area contributed by atoms with Gasteiger partial charge in [0.25, 0.3) is 0 Å². The Morgan fingerprint density at radius 3 is 1.29 bits per heavy atom. The SMILES string of the molecule is N#Cc1cc2c3c(c1)-c1cc4c(c5cccc(c15)B3c1cccc3c1c-2cc1c3c2ccccc2n1-c1ccccc1)c1ccccc1n4-c1ccccc1. The van der Waals surface area contributed by atoms with Gasteiger partial charge in [0.2, 0.25) is 6.71 Å². The van der Waals surface area contributed by atoms with Gasteiger partial charge in [-0.25, -0.2) is 0 Å². The van der Waals surface area contributed by atoms with Gasteiger partial charge in [-0.1, -0.05) is 126 Å². The standard InChI is InChI=1S/C51H28BN3/c53-29-30-25-39-37-27-45-49(33-17-7-9-23-43(33)54(45)31-13-3-1-4-14-31)35-19-11-21-41(47(35)37)52-42-22-12-20-36-48(42)38(40(26-30)51(39)52)28-46-50(36)34-18-8-10-24-44(34)55(46)32-15-5-2-6-16-32/h1-28H. The molecule has 0 aliphatic carbocycles. The molecule has 2 aliphatic heterocycles. The Morgan fingerprint density at radius 1 is 0.382 bits per heavy atom. The topological polar surface area (TPSA) is 33.6 Å². The zero-order chi connectivity index (χ0) is 35.9. The van der Waals surface area contributed by atoms with Gasteiger partial charge in [-0.3, -0.25) is 0 Å². The normalized spacial score (nSPS) is 12.7. The van der Waals surface area contributed by atoms with Crippen LogP contribution in [0, 0.1) is 11.3 Å². The molecule has 0 saturated heterocycles. The lowest BCUT2D eigenvalue weighted by Crippen LogP contribution is -2.57. The zero-order valence-electron chi connectivity index (χ0n) is 29.6. The summed E-state index contributed by atoms with van der Waals surface area (Å²) in [5, 5.41) is 20.8. The van der Waals surface area contributed by atoms with Crippen molar-refractivity contribution in [3.63, 3.8) is 0 Å². The fourth-order valence-electron chi connectivity index (χ4n) is 10.5. The van der Waals surface area contributed by atoms with Crippen LogP contribution in [-0.4, -0.2) is 15.8 Å². The van der Waals surface area contributed by atoms with E-state index in [1.165, 1.54) is 92.7 Å². The molecule has 0 unspecified atom stereocenters. The van der Waals surface area contributed by atoms with Crippen LogP contribution < -0.4 is 16.4 Å². The van der Waals surface area contributed by atoms with Gasteiger partial charge in [0.15, 0.2) is 0 Å². The maximum Gasteiger partial charge on any atom is 0.244 e. The third-order valence-corrected chi connectivity index (χ3v) is 12.5. The second-order valence-corrected chi connectivity index (χ2v) is 15.1. The molecule has 0 saturated carbocycles. The van der Waals surface area contributed by atoms with Crippen LogP contribution in [0.25, 0.3) is 98.8 Å². The molecular formula is C51H28BN3. The Bertz CT molecular complexity index is 3320. The van der Waals surface area contributed by atoms with E-state index in [2.05, 4.69) is 185 Å². The lowest BCUT2D eigenvalue weighted by atomic mass is 9.31. The van der Waals surface area contributed by atoms with Crippen LogP contribution in [0.3, 0.4) is 0 Å². The van der Waals surface area contributed by atoms with Gasteiger partial charge in [0.05, 0.1) is 33.7 Å². The lowest BCUT2D eigenvalue weighted by Gasteiger charge is -2.34. The Balaban J connectivity index is 1.22. The maximum atomic E-state index is 10.7. The Hall–Kier alpha value is -7.35. The van der Waals surface area contributed by atoms with Gasteiger partial charge in [0.1, 0.15) is 0 Å². The van der Waals surface area contributed by atoms with Gasteiger partial charge >= 0.3 is 0 Å². The lowest BCUT2D eigenvalue weighted by molar-refractivity contribution is 1.18. The largest absolute Gasteiger partial charge is 0.309 e. The average molecular weight is 694 g/mol. The van der Waals surface area contributed by atoms with Crippen LogP contribution in [0.5, 0.6) is 0 Å². The summed E-state index contributed by atoms with van der Waals surface area (Å²) in [6.07, 6.45) is 0. The Morgan fingerprint density at radius 2 is 0.818 bits per heavy atom. The summed E-state index contributed by atoms with van der Waals surface area (Å²) in [7, 11) is 0. The summed E-state index contributed by atoms with van der Waals surface area (Å²) in [5.41, 5.74) is 16.3. The average Bonchev–Trinajstić information content (AvgIpc) is 3.76. The first-order valence-corrected chi connectivity index (χ1v) is 19.0. The molecule has 0 spiro atoms. The van der Waals surface area contributed by atoms with E-state index in [0.717, 1.165) is 22.5 Å². The van der Waals surface area contributed by atoms with Crippen molar-refractivity contribution in [3.8, 4) is 39.7 Å². The summed E-state index contributed by atoms with van der Waals surface area (Å²) < 4.78 is 4.82. The molecule has 4 heterocycles. The first-order chi connectivity index (χ1) is 27.3. The van der Waals surface area contributed by atoms with Crippen molar-refractivity contribution in [2.24, 2.45) is 0 Å². The number of nitriles is 1. The van der Waals surface area contributed by atoms with Crippen LogP contribution in [0.2, 0.25) is 0 Å². The zero-order valence-corrected chi connectivity index (χ0v) is 29.6. The second-order valence-electron chi connectivity index (χ2n) is 15.1. The Labute approximate surface area is 316 Å². The molecule has 11 aromatic rings. The fraction of sp³-hybridized carbons (Fsp3) is 0. The molecule has 0 radical (unpaired) electrons. The summed E-state index contributed by atoms with van der Waals surface area (Å²) in [6, 6.07) is 64.5. The predicted octanol–water partition coefficient (Wildman–Crippen LogP) is 10.5. The van der Waals surface area contributed by atoms with Crippen molar-refractivity contribution >= 4 is 88.3 Å². The van der Waals surface area contributed by atoms with Crippen LogP contribution >= 0.6 is 0 Å². The molecule has 9 aromatic carbocycles. The molecule has 0 bridgehead atoms. The predicted molar refractivity (Wildman–Crippen MR) is 230 cm³/mol. The van der Waals surface area contributed by atoms with Crippen LogP contribution in [0.1, 0.15) is 5.56 Å². The van der Waals surface area contributed by atoms with Crippen molar-refractivity contribution in [1.29, 1.82) is 5.26 Å². The third-order valence-electron chi connectivity index (χ3n) is 12.5. The quantitative estimate of drug-likeness (QED) is 0.166. The minimum absolute atomic E-state index is 0.0185. The molecular weight excluding hydrogens is 665 g/mol. The highest BCUT2D eigenvalue weighted by Crippen LogP contribution is 2.47. The Kier molecular flexibility index (Phi) is 5.52. The molecule has 13 rings (SSSR count). The number of para-hydroxylation sites is 4. The molecule has 0 atom stereocenters. The van der Waals surface area contributed by atoms with Crippen LogP contribution in [0.15, 0.2) is 170 Å². The molecule has 3 nitrogen and oxygen atoms in total. The van der Waals surface area contributed by atoms with Crippen molar-refractivity contribution in [2.75, 3.05) is 0 Å². The minimum atomic E-state index is 0.0185. The maximum absolute atomic E-state index is 10.7. The molecule has 0 N–H and O–H groups in total. The number of rotatable bonds is 2. The number of hydrogen-bond donors (Lipinski definition) is 0. The van der Waals surface area contributed by atoms with E-state index in [1.54, 1.807) is 0 Å². The fourth-order valence-corrected chi connectivity index (χ4v) is 10.5. The number of aromatic nitrogens is 2. The minimum Gasteiger partial charge on any atom is -0.309 e. The molecule has 250 valence electrons. The smallest absolute Gasteiger partial charge is 0.244 e. The van der Waals surface area contributed by atoms with Crippen molar-refractivity contribution in [1.82, 2.24) is 9.13 Å². The summed E-state index contributed by atoms with van der Waals surface area (Å²) in [6.45, 7) is 0.0185. The number of benzene rings is 9. The van der Waals surface area contributed by atoms with Crippen LogP contribution in [-0.2, 0) is 0 Å². The van der Waals surface area contributed by atoms with E-state index in [1.807, 2.05) is 0 Å². The van der Waals surface area contributed by atoms with Crippen molar-refractivity contribution in [3.05, 3.63) is 175 Å². The van der Waals surface area contributed by atoms with Gasteiger partial charge in [-0.2, -0.15) is 5.26 Å². The summed E-state index contributed by atoms with van der Waals surface area (Å²) in [5.74, 6) is 0. The van der Waals surface area contributed by atoms with Gasteiger partial charge in [0, 0.05) is 32.9 Å². The monoisotopic (exact) mass is 693 g/mol. The summed E-state index contributed by atoms with van der Waals surface area (Å²) >= 11 is 0. The molecule has 55 heavy (non-hydrogen) atoms. The molecule has 4 heteroatoms. The third kappa shape index (κ3) is 3.60. The second kappa shape index (κ2) is 10.4. The molecule has 0 amide bonds. The first kappa shape index (κ1) is 29.1. The van der Waals surface area contributed by atoms with E-state index in [-0.39, 0.29) is 6.71 Å². The van der Waals surface area contributed by atoms with Crippen LogP contribution in [0.4, 0.5) is 0 Å². The van der Waals surface area contributed by atoms with E-state index in [4.69, 9.17) is 0 Å². The van der Waals surface area contributed by atoms with Crippen molar-refractivity contribution in [2.45, 2.75) is 0 Å². The van der Waals surface area contributed by atoms with E-state index < -0.39 is 0 Å². The highest BCUT2D eigenvalue weighted by molar-refractivity contribution is 7.01. The molecule has 2 aromatic heterocycles. The number of nitrogens with zero attached hydrogens (tertiary/aromatic N) is 3. The number of fused-ring (bicyclic) bond motifs is 12. The molecule has 2 aliphatic rings. The van der Waals surface area contributed by atoms with Gasteiger partial charge in [-0.05, 0) is 104 Å². The summed E-state index contributed by atoms with van der Waals surface area (Å²) in [4.78, 5) is 0.